The predicted molar refractivity (Wildman–Crippen MR) is 250 cm³/mol. The topological polar surface area (TPSA) is 3.24 Å². The Morgan fingerprint density at radius 3 is 0.574 bits per heavy atom. The third-order valence-corrected chi connectivity index (χ3v) is 12.7. The van der Waals surface area contributed by atoms with Crippen LogP contribution in [0.4, 0.5) is 0 Å². The van der Waals surface area contributed by atoms with E-state index in [0.717, 1.165) is 5.92 Å². The van der Waals surface area contributed by atoms with Gasteiger partial charge in [0, 0.05) is 0 Å². The Morgan fingerprint density at radius 2 is 0.389 bits per heavy atom. The van der Waals surface area contributed by atoms with Crippen molar-refractivity contribution < 1.29 is 0 Å². The van der Waals surface area contributed by atoms with Gasteiger partial charge in [0.05, 0.1) is 0 Å². The van der Waals surface area contributed by atoms with E-state index in [0.29, 0.717) is 0 Å². The molecule has 54 heavy (non-hydrogen) atoms. The van der Waals surface area contributed by atoms with Crippen LogP contribution in [0.5, 0.6) is 0 Å². The van der Waals surface area contributed by atoms with Crippen molar-refractivity contribution in [3.63, 3.8) is 0 Å². The van der Waals surface area contributed by atoms with Crippen molar-refractivity contribution in [1.82, 2.24) is 4.90 Å². The van der Waals surface area contributed by atoms with E-state index in [4.69, 9.17) is 0 Å². The molecule has 0 aliphatic rings. The van der Waals surface area contributed by atoms with E-state index in [2.05, 4.69) is 32.6 Å². The molecular formula is C53H109N. The van der Waals surface area contributed by atoms with Crippen molar-refractivity contribution >= 4 is 0 Å². The van der Waals surface area contributed by atoms with Crippen LogP contribution in [-0.4, -0.2) is 24.5 Å². The summed E-state index contributed by atoms with van der Waals surface area (Å²) < 4.78 is 0. The van der Waals surface area contributed by atoms with Gasteiger partial charge in [0.2, 0.25) is 0 Å². The molecule has 0 atom stereocenters. The molecule has 0 aromatic heterocycles. The van der Waals surface area contributed by atoms with Gasteiger partial charge < -0.3 is 4.90 Å². The summed E-state index contributed by atoms with van der Waals surface area (Å²) in [6.45, 7) is 13.5. The lowest BCUT2D eigenvalue weighted by molar-refractivity contribution is 0.254. The first-order chi connectivity index (χ1) is 26.7. The molecular weight excluding hydrogens is 651 g/mol. The number of hydrogen-bond acceptors (Lipinski definition) is 1. The van der Waals surface area contributed by atoms with Crippen LogP contribution in [0.1, 0.15) is 317 Å². The summed E-state index contributed by atoms with van der Waals surface area (Å²) in [5.41, 5.74) is 0. The summed E-state index contributed by atoms with van der Waals surface area (Å²) in [6.07, 6.45) is 66.1. The first-order valence-electron chi connectivity index (χ1n) is 26.4. The number of rotatable bonds is 49. The summed E-state index contributed by atoms with van der Waals surface area (Å²) in [4.78, 5) is 2.88. The fourth-order valence-electron chi connectivity index (χ4n) is 8.76. The fraction of sp³-hybridized carbons (Fsp3) is 1.00. The molecule has 0 heterocycles. The maximum atomic E-state index is 2.88. The monoisotopic (exact) mass is 760 g/mol. The zero-order chi connectivity index (χ0) is 39.1. The van der Waals surface area contributed by atoms with Gasteiger partial charge in [-0.2, -0.15) is 0 Å². The first-order valence-corrected chi connectivity index (χ1v) is 26.4. The van der Waals surface area contributed by atoms with Crippen LogP contribution in [0.25, 0.3) is 0 Å². The first kappa shape index (κ1) is 54.0. The van der Waals surface area contributed by atoms with E-state index in [1.807, 2.05) is 0 Å². The van der Waals surface area contributed by atoms with Gasteiger partial charge in [0.1, 0.15) is 0 Å². The SMILES string of the molecule is CCCCCCCCCCCCCCCCCCN(CCCCCCCCCCCCCCCCCC)CCCCCCCCCCCCCCC(C)C. The van der Waals surface area contributed by atoms with Gasteiger partial charge in [-0.05, 0) is 44.8 Å². The van der Waals surface area contributed by atoms with Crippen molar-refractivity contribution in [1.29, 1.82) is 0 Å². The molecule has 0 aromatic rings. The molecule has 0 aliphatic heterocycles. The fourth-order valence-corrected chi connectivity index (χ4v) is 8.76. The third kappa shape index (κ3) is 48.1. The highest BCUT2D eigenvalue weighted by molar-refractivity contribution is 4.61. The zero-order valence-corrected chi connectivity index (χ0v) is 39.0. The van der Waals surface area contributed by atoms with E-state index in [9.17, 15) is 0 Å². The van der Waals surface area contributed by atoms with Crippen LogP contribution < -0.4 is 0 Å². The van der Waals surface area contributed by atoms with Crippen molar-refractivity contribution in [3.05, 3.63) is 0 Å². The second-order valence-corrected chi connectivity index (χ2v) is 18.9. The average molecular weight is 760 g/mol. The van der Waals surface area contributed by atoms with E-state index in [-0.39, 0.29) is 0 Å². The van der Waals surface area contributed by atoms with Crippen molar-refractivity contribution in [2.24, 2.45) is 5.92 Å². The largest absolute Gasteiger partial charge is 0.303 e. The molecule has 0 radical (unpaired) electrons. The van der Waals surface area contributed by atoms with Crippen molar-refractivity contribution in [3.8, 4) is 0 Å². The Balaban J connectivity index is 3.95. The zero-order valence-electron chi connectivity index (χ0n) is 39.0. The molecule has 1 nitrogen and oxygen atoms in total. The molecule has 0 amide bonds. The van der Waals surface area contributed by atoms with Crippen LogP contribution in [0.3, 0.4) is 0 Å². The molecule has 0 rings (SSSR count). The Bertz CT molecular complexity index is 591. The lowest BCUT2D eigenvalue weighted by Crippen LogP contribution is -2.27. The molecule has 1 heteroatoms. The Kier molecular flexibility index (Phi) is 49.1. The average Bonchev–Trinajstić information content (AvgIpc) is 3.17. The quantitative estimate of drug-likeness (QED) is 0.0558. The molecule has 0 spiro atoms. The lowest BCUT2D eigenvalue weighted by Gasteiger charge is -2.22. The summed E-state index contributed by atoms with van der Waals surface area (Å²) >= 11 is 0. The minimum absolute atomic E-state index is 0.889. The van der Waals surface area contributed by atoms with E-state index >= 15 is 0 Å². The Morgan fingerprint density at radius 1 is 0.222 bits per heavy atom. The second kappa shape index (κ2) is 49.1. The van der Waals surface area contributed by atoms with E-state index < -0.39 is 0 Å². The van der Waals surface area contributed by atoms with Gasteiger partial charge in [-0.1, -0.05) is 297 Å². The Labute approximate surface area is 345 Å². The highest BCUT2D eigenvalue weighted by atomic mass is 15.1. The Hall–Kier alpha value is -0.0400. The van der Waals surface area contributed by atoms with Crippen LogP contribution in [0, 0.1) is 5.92 Å². The minimum atomic E-state index is 0.889. The number of nitrogens with zero attached hydrogens (tertiary/aromatic N) is 1. The number of hydrogen-bond donors (Lipinski definition) is 0. The molecule has 0 aliphatic carbocycles. The van der Waals surface area contributed by atoms with Crippen molar-refractivity contribution in [2.45, 2.75) is 317 Å². The second-order valence-electron chi connectivity index (χ2n) is 18.9. The highest BCUT2D eigenvalue weighted by Crippen LogP contribution is 2.18. The smallest absolute Gasteiger partial charge is 0.00187 e. The molecule has 0 saturated heterocycles. The molecule has 0 fully saturated rings. The third-order valence-electron chi connectivity index (χ3n) is 12.7. The lowest BCUT2D eigenvalue weighted by atomic mass is 10.0. The van der Waals surface area contributed by atoms with Gasteiger partial charge in [0.25, 0.3) is 0 Å². The molecule has 0 N–H and O–H groups in total. The standard InChI is InChI=1S/C53H109N/c1-5-7-9-11-13-15-17-19-21-23-26-30-34-38-42-46-50-54(52-48-44-40-36-32-28-25-29-33-37-41-45-49-53(3)4)51-47-43-39-35-31-27-24-22-20-18-16-14-12-10-8-6-2/h53H,5-52H2,1-4H3. The maximum absolute atomic E-state index is 2.88. The summed E-state index contributed by atoms with van der Waals surface area (Å²) in [5, 5.41) is 0. The van der Waals surface area contributed by atoms with Crippen LogP contribution in [0.2, 0.25) is 0 Å². The molecule has 326 valence electrons. The molecule has 0 unspecified atom stereocenters. The van der Waals surface area contributed by atoms with Gasteiger partial charge in [0.15, 0.2) is 0 Å². The predicted octanol–water partition coefficient (Wildman–Crippen LogP) is 19.5. The molecule has 0 aromatic carbocycles. The summed E-state index contributed by atoms with van der Waals surface area (Å²) in [5.74, 6) is 0.889. The van der Waals surface area contributed by atoms with E-state index in [1.165, 1.54) is 309 Å². The van der Waals surface area contributed by atoms with Crippen LogP contribution >= 0.6 is 0 Å². The van der Waals surface area contributed by atoms with Gasteiger partial charge in [-0.25, -0.2) is 0 Å². The number of unbranched alkanes of at least 4 members (excludes halogenated alkanes) is 41. The molecule has 0 saturated carbocycles. The summed E-state index contributed by atoms with van der Waals surface area (Å²) in [6, 6.07) is 0. The van der Waals surface area contributed by atoms with Crippen LogP contribution in [0.15, 0.2) is 0 Å². The summed E-state index contributed by atoms with van der Waals surface area (Å²) in [7, 11) is 0. The normalized spacial score (nSPS) is 11.9. The highest BCUT2D eigenvalue weighted by Gasteiger charge is 2.06. The van der Waals surface area contributed by atoms with Crippen LogP contribution in [-0.2, 0) is 0 Å². The van der Waals surface area contributed by atoms with Crippen molar-refractivity contribution in [2.75, 3.05) is 19.6 Å². The van der Waals surface area contributed by atoms with Gasteiger partial charge in [-0.3, -0.25) is 0 Å². The van der Waals surface area contributed by atoms with Gasteiger partial charge in [-0.15, -0.1) is 0 Å². The van der Waals surface area contributed by atoms with Gasteiger partial charge >= 0.3 is 0 Å². The van der Waals surface area contributed by atoms with E-state index in [1.54, 1.807) is 0 Å². The molecule has 0 bridgehead atoms. The maximum Gasteiger partial charge on any atom is -0.00187 e. The minimum Gasteiger partial charge on any atom is -0.303 e.